The van der Waals surface area contributed by atoms with Crippen molar-refractivity contribution in [1.29, 1.82) is 0 Å². The molecule has 0 aromatic rings. The Labute approximate surface area is 96.2 Å². The average molecular weight is 304 g/mol. The average Bonchev–Trinajstić information content (AvgIpc) is 2.09. The highest BCUT2D eigenvalue weighted by Crippen LogP contribution is 2.43. The van der Waals surface area contributed by atoms with Crippen molar-refractivity contribution in [2.45, 2.75) is 12.4 Å². The van der Waals surface area contributed by atoms with Gasteiger partial charge in [-0.3, -0.25) is 13.9 Å². The number of esters is 1. The van der Waals surface area contributed by atoms with E-state index in [1.54, 1.807) is 0 Å². The van der Waals surface area contributed by atoms with Gasteiger partial charge in [-0.1, -0.05) is 0 Å². The van der Waals surface area contributed by atoms with Crippen LogP contribution in [0.1, 0.15) is 0 Å². The van der Waals surface area contributed by atoms with Crippen LogP contribution in [0.25, 0.3) is 0 Å². The molecule has 0 aliphatic carbocycles. The fourth-order valence-electron chi connectivity index (χ4n) is 0.591. The lowest BCUT2D eigenvalue weighted by Gasteiger charge is -2.13. The molecule has 0 fully saturated rings. The minimum Gasteiger partial charge on any atom is -0.456 e. The van der Waals surface area contributed by atoms with E-state index in [0.29, 0.717) is 0 Å². The van der Waals surface area contributed by atoms with Gasteiger partial charge in [0.1, 0.15) is 6.16 Å². The lowest BCUT2D eigenvalue weighted by atomic mass is 10.7. The summed E-state index contributed by atoms with van der Waals surface area (Å²) in [6, 6.07) is 0. The highest BCUT2D eigenvalue weighted by Gasteiger charge is 2.35. The van der Waals surface area contributed by atoms with Crippen molar-refractivity contribution in [3.63, 3.8) is 0 Å². The van der Waals surface area contributed by atoms with E-state index in [-0.39, 0.29) is 0 Å². The largest absolute Gasteiger partial charge is 0.456 e. The summed E-state index contributed by atoms with van der Waals surface area (Å²) in [5, 5.41) is 0. The van der Waals surface area contributed by atoms with Crippen LogP contribution in [-0.4, -0.2) is 42.6 Å². The lowest BCUT2D eigenvalue weighted by Crippen LogP contribution is -2.23. The molecule has 12 heteroatoms. The van der Waals surface area contributed by atoms with Gasteiger partial charge < -0.3 is 9.63 Å². The first kappa shape index (κ1) is 17.2. The SMILES string of the molecule is O=C(CP(=O)(O)OCC(F)(F)F)OCC(F)(F)F. The first-order valence-electron chi connectivity index (χ1n) is 4.06. The van der Waals surface area contributed by atoms with Crippen molar-refractivity contribution in [2.75, 3.05) is 19.4 Å². The van der Waals surface area contributed by atoms with Gasteiger partial charge in [-0.05, 0) is 0 Å². The van der Waals surface area contributed by atoms with Gasteiger partial charge in [0.05, 0.1) is 0 Å². The second-order valence-corrected chi connectivity index (χ2v) is 4.81. The van der Waals surface area contributed by atoms with Gasteiger partial charge in [0, 0.05) is 0 Å². The first-order chi connectivity index (χ1) is 7.81. The van der Waals surface area contributed by atoms with Crippen molar-refractivity contribution in [1.82, 2.24) is 0 Å². The van der Waals surface area contributed by atoms with Crippen LogP contribution in [0, 0.1) is 0 Å². The predicted octanol–water partition coefficient (Wildman–Crippen LogP) is 1.86. The van der Waals surface area contributed by atoms with E-state index in [2.05, 4.69) is 9.26 Å². The maximum atomic E-state index is 11.6. The van der Waals surface area contributed by atoms with Crippen molar-refractivity contribution in [2.24, 2.45) is 0 Å². The monoisotopic (exact) mass is 304 g/mol. The molecule has 18 heavy (non-hydrogen) atoms. The van der Waals surface area contributed by atoms with E-state index < -0.39 is 45.3 Å². The van der Waals surface area contributed by atoms with Crippen LogP contribution in [0.15, 0.2) is 0 Å². The second kappa shape index (κ2) is 5.89. The predicted molar refractivity (Wildman–Crippen MR) is 43.7 cm³/mol. The Morgan fingerprint density at radius 2 is 1.50 bits per heavy atom. The van der Waals surface area contributed by atoms with Gasteiger partial charge in [0.2, 0.25) is 0 Å². The van der Waals surface area contributed by atoms with Crippen molar-refractivity contribution < 1.29 is 49.9 Å². The number of rotatable bonds is 5. The standard InChI is InChI=1S/C6H7F6O5P/c7-5(8,9)2-16-4(13)1-18(14,15)17-3-6(10,11)12/h1-3H2,(H,14,15). The first-order valence-corrected chi connectivity index (χ1v) is 5.82. The Morgan fingerprint density at radius 3 is 1.89 bits per heavy atom. The molecule has 0 aliphatic heterocycles. The summed E-state index contributed by atoms with van der Waals surface area (Å²) in [7, 11) is -4.99. The van der Waals surface area contributed by atoms with Crippen LogP contribution in [0.4, 0.5) is 26.3 Å². The Balaban J connectivity index is 4.16. The molecule has 0 radical (unpaired) electrons. The maximum absolute atomic E-state index is 11.6. The molecule has 0 bridgehead atoms. The molecule has 1 N–H and O–H groups in total. The zero-order chi connectivity index (χ0) is 14.6. The number of halogens is 6. The van der Waals surface area contributed by atoms with E-state index in [1.807, 2.05) is 0 Å². The Bertz CT molecular complexity index is 336. The lowest BCUT2D eigenvalue weighted by molar-refractivity contribution is -0.184. The zero-order valence-corrected chi connectivity index (χ0v) is 9.31. The van der Waals surface area contributed by atoms with Gasteiger partial charge >= 0.3 is 25.9 Å². The van der Waals surface area contributed by atoms with Crippen LogP contribution in [0.2, 0.25) is 0 Å². The van der Waals surface area contributed by atoms with Crippen molar-refractivity contribution in [3.05, 3.63) is 0 Å². The fourth-order valence-corrected chi connectivity index (χ4v) is 1.45. The maximum Gasteiger partial charge on any atom is 0.422 e. The quantitative estimate of drug-likeness (QED) is 0.477. The molecule has 0 heterocycles. The van der Waals surface area contributed by atoms with E-state index in [0.717, 1.165) is 0 Å². The topological polar surface area (TPSA) is 72.8 Å². The molecular formula is C6H7F6O5P. The van der Waals surface area contributed by atoms with Crippen LogP contribution in [0.3, 0.4) is 0 Å². The van der Waals surface area contributed by atoms with Crippen molar-refractivity contribution >= 4 is 13.6 Å². The fraction of sp³-hybridized carbons (Fsp3) is 0.833. The van der Waals surface area contributed by atoms with Gasteiger partial charge in [0.25, 0.3) is 0 Å². The number of hydrogen-bond donors (Lipinski definition) is 1. The van der Waals surface area contributed by atoms with Crippen molar-refractivity contribution in [3.8, 4) is 0 Å². The summed E-state index contributed by atoms with van der Waals surface area (Å²) in [4.78, 5) is 19.3. The van der Waals surface area contributed by atoms with E-state index >= 15 is 0 Å². The minimum atomic E-state index is -4.99. The summed E-state index contributed by atoms with van der Waals surface area (Å²) in [5.41, 5.74) is 0. The van der Waals surface area contributed by atoms with Crippen LogP contribution in [0.5, 0.6) is 0 Å². The number of hydrogen-bond acceptors (Lipinski definition) is 4. The summed E-state index contributed by atoms with van der Waals surface area (Å²) < 4.78 is 87.4. The number of ether oxygens (including phenoxy) is 1. The third-order valence-electron chi connectivity index (χ3n) is 1.16. The Morgan fingerprint density at radius 1 is 1.06 bits per heavy atom. The zero-order valence-electron chi connectivity index (χ0n) is 8.42. The molecule has 108 valence electrons. The third kappa shape index (κ3) is 10.4. The molecule has 0 spiro atoms. The minimum absolute atomic E-state index is 1.60. The molecule has 0 saturated heterocycles. The second-order valence-electron chi connectivity index (χ2n) is 2.96. The van der Waals surface area contributed by atoms with Crippen LogP contribution in [-0.2, 0) is 18.6 Å². The molecule has 0 aromatic heterocycles. The van der Waals surface area contributed by atoms with Gasteiger partial charge in [0.15, 0.2) is 13.2 Å². The summed E-state index contributed by atoms with van der Waals surface area (Å²) in [6.45, 7) is -4.11. The molecule has 5 nitrogen and oxygen atoms in total. The highest BCUT2D eigenvalue weighted by molar-refractivity contribution is 7.53. The van der Waals surface area contributed by atoms with Crippen LogP contribution < -0.4 is 0 Å². The molecular weight excluding hydrogens is 297 g/mol. The molecule has 1 atom stereocenters. The molecule has 0 aromatic carbocycles. The highest BCUT2D eigenvalue weighted by atomic mass is 31.2. The number of carbonyl (C=O) groups is 1. The molecule has 1 unspecified atom stereocenters. The van der Waals surface area contributed by atoms with E-state index in [9.17, 15) is 35.7 Å². The Kier molecular flexibility index (Phi) is 5.63. The summed E-state index contributed by atoms with van der Waals surface area (Å²) in [5.74, 6) is -1.79. The normalized spacial score (nSPS) is 16.2. The molecule has 0 saturated carbocycles. The van der Waals surface area contributed by atoms with Crippen LogP contribution >= 0.6 is 7.60 Å². The third-order valence-corrected chi connectivity index (χ3v) is 2.35. The number of alkyl halides is 6. The molecule has 0 amide bonds. The van der Waals surface area contributed by atoms with E-state index in [1.165, 1.54) is 0 Å². The van der Waals surface area contributed by atoms with Gasteiger partial charge in [-0.25, -0.2) is 0 Å². The summed E-state index contributed by atoms with van der Waals surface area (Å²) >= 11 is 0. The Hall–Kier alpha value is -0.800. The number of carbonyl (C=O) groups excluding carboxylic acids is 1. The summed E-state index contributed by atoms with van der Waals surface area (Å²) in [6.07, 6.45) is -11.4. The van der Waals surface area contributed by atoms with Gasteiger partial charge in [-0.2, -0.15) is 26.3 Å². The van der Waals surface area contributed by atoms with E-state index in [4.69, 9.17) is 4.89 Å². The van der Waals surface area contributed by atoms with Gasteiger partial charge in [-0.15, -0.1) is 0 Å². The molecule has 0 aliphatic rings. The smallest absolute Gasteiger partial charge is 0.422 e. The molecule has 0 rings (SSSR count).